The maximum absolute atomic E-state index is 12.0. The number of hydrogen-bond donors (Lipinski definition) is 2. The van der Waals surface area contributed by atoms with Crippen molar-refractivity contribution in [3.8, 4) is 0 Å². The van der Waals surface area contributed by atoms with E-state index in [2.05, 4.69) is 10.2 Å². The molecular weight excluding hydrogens is 250 g/mol. The van der Waals surface area contributed by atoms with Gasteiger partial charge in [0, 0.05) is 32.8 Å². The van der Waals surface area contributed by atoms with E-state index in [0.717, 1.165) is 26.1 Å². The smallest absolute Gasteiger partial charge is 0.334 e. The number of nitrogens with one attached hydrogen (secondary N) is 1. The molecule has 0 radical (unpaired) electrons. The molecule has 2 rings (SSSR count). The van der Waals surface area contributed by atoms with Crippen LogP contribution in [-0.4, -0.2) is 78.9 Å². The highest BCUT2D eigenvalue weighted by Crippen LogP contribution is 2.21. The van der Waals surface area contributed by atoms with Crippen LogP contribution in [0, 0.1) is 0 Å². The molecular formula is C12H21N3O4. The molecule has 2 saturated heterocycles. The molecule has 0 bridgehead atoms. The third-order valence-electron chi connectivity index (χ3n) is 3.87. The Morgan fingerprint density at radius 2 is 2.21 bits per heavy atom. The average Bonchev–Trinajstić information content (AvgIpc) is 2.85. The molecule has 0 spiro atoms. The highest BCUT2D eigenvalue weighted by molar-refractivity contribution is 5.77. The highest BCUT2D eigenvalue weighted by Gasteiger charge is 2.32. The normalized spacial score (nSPS) is 24.9. The number of ether oxygens (including phenoxy) is 1. The quantitative estimate of drug-likeness (QED) is 0.725. The Morgan fingerprint density at radius 1 is 1.42 bits per heavy atom. The van der Waals surface area contributed by atoms with Gasteiger partial charge in [0.05, 0.1) is 6.54 Å². The van der Waals surface area contributed by atoms with Gasteiger partial charge in [-0.05, 0) is 19.4 Å². The van der Waals surface area contributed by atoms with Crippen molar-refractivity contribution < 1.29 is 19.4 Å². The summed E-state index contributed by atoms with van der Waals surface area (Å²) >= 11 is 0. The summed E-state index contributed by atoms with van der Waals surface area (Å²) in [6, 6.07) is 0.270. The average molecular weight is 271 g/mol. The Kier molecular flexibility index (Phi) is 4.60. The Morgan fingerprint density at radius 3 is 2.89 bits per heavy atom. The molecule has 108 valence electrons. The summed E-state index contributed by atoms with van der Waals surface area (Å²) in [4.78, 5) is 26.9. The van der Waals surface area contributed by atoms with Crippen molar-refractivity contribution in [2.45, 2.75) is 25.0 Å². The molecule has 0 aromatic carbocycles. The zero-order valence-electron chi connectivity index (χ0n) is 11.2. The zero-order valence-corrected chi connectivity index (χ0v) is 11.2. The van der Waals surface area contributed by atoms with Gasteiger partial charge in [0.25, 0.3) is 0 Å². The van der Waals surface area contributed by atoms with Crippen molar-refractivity contribution in [1.82, 2.24) is 15.1 Å². The van der Waals surface area contributed by atoms with Crippen LogP contribution in [-0.2, 0) is 9.53 Å². The topological polar surface area (TPSA) is 82.1 Å². The monoisotopic (exact) mass is 271 g/mol. The number of aliphatic carboxylic acids is 1. The van der Waals surface area contributed by atoms with E-state index < -0.39 is 12.1 Å². The van der Waals surface area contributed by atoms with Gasteiger partial charge in [0.2, 0.25) is 0 Å². The van der Waals surface area contributed by atoms with E-state index in [1.54, 1.807) is 4.90 Å². The molecule has 2 fully saturated rings. The second-order valence-electron chi connectivity index (χ2n) is 5.03. The van der Waals surface area contributed by atoms with Crippen LogP contribution in [0.3, 0.4) is 0 Å². The Hall–Kier alpha value is -1.34. The molecule has 2 aliphatic rings. The third-order valence-corrected chi connectivity index (χ3v) is 3.87. The summed E-state index contributed by atoms with van der Waals surface area (Å²) in [5.41, 5.74) is 0. The molecule has 0 aliphatic carbocycles. The van der Waals surface area contributed by atoms with Gasteiger partial charge in [0.15, 0.2) is 6.10 Å². The molecule has 19 heavy (non-hydrogen) atoms. The number of fused-ring (bicyclic) bond motifs is 1. The summed E-state index contributed by atoms with van der Waals surface area (Å²) in [5, 5.41) is 11.5. The van der Waals surface area contributed by atoms with Crippen molar-refractivity contribution in [2.75, 3.05) is 39.8 Å². The summed E-state index contributed by atoms with van der Waals surface area (Å²) in [7, 11) is 1.32. The van der Waals surface area contributed by atoms with Gasteiger partial charge in [-0.3, -0.25) is 4.90 Å². The van der Waals surface area contributed by atoms with E-state index in [1.165, 1.54) is 13.5 Å². The van der Waals surface area contributed by atoms with E-state index in [1.807, 2.05) is 0 Å². The first-order valence-electron chi connectivity index (χ1n) is 6.64. The van der Waals surface area contributed by atoms with Crippen LogP contribution in [0.25, 0.3) is 0 Å². The Bertz CT molecular complexity index is 350. The molecule has 0 aromatic rings. The van der Waals surface area contributed by atoms with Crippen molar-refractivity contribution >= 4 is 12.0 Å². The standard InChI is InChI=1S/C12H21N3O4/c1-19-10(11(16)17)7-13-12(18)15-6-5-14-4-2-3-9(14)8-15/h9-10H,2-8H2,1H3,(H,13,18)(H,16,17). The van der Waals surface area contributed by atoms with Crippen LogP contribution in [0.2, 0.25) is 0 Å². The van der Waals surface area contributed by atoms with Crippen LogP contribution in [0.4, 0.5) is 4.79 Å². The minimum Gasteiger partial charge on any atom is -0.479 e. The van der Waals surface area contributed by atoms with Gasteiger partial charge in [-0.2, -0.15) is 0 Å². The number of carboxylic acids is 1. The lowest BCUT2D eigenvalue weighted by Crippen LogP contribution is -2.55. The second kappa shape index (κ2) is 6.21. The van der Waals surface area contributed by atoms with E-state index in [9.17, 15) is 9.59 Å². The predicted molar refractivity (Wildman–Crippen MR) is 68.0 cm³/mol. The van der Waals surface area contributed by atoms with Crippen molar-refractivity contribution in [2.24, 2.45) is 0 Å². The third kappa shape index (κ3) is 3.36. The van der Waals surface area contributed by atoms with Gasteiger partial charge in [-0.25, -0.2) is 9.59 Å². The minimum absolute atomic E-state index is 0.00442. The van der Waals surface area contributed by atoms with E-state index in [0.29, 0.717) is 12.6 Å². The molecule has 2 N–H and O–H groups in total. The van der Waals surface area contributed by atoms with Gasteiger partial charge in [-0.1, -0.05) is 0 Å². The van der Waals surface area contributed by atoms with Crippen molar-refractivity contribution in [1.29, 1.82) is 0 Å². The largest absolute Gasteiger partial charge is 0.479 e. The molecule has 2 amide bonds. The number of urea groups is 1. The number of carboxylic acid groups (broad SMARTS) is 1. The van der Waals surface area contributed by atoms with E-state index in [4.69, 9.17) is 9.84 Å². The second-order valence-corrected chi connectivity index (χ2v) is 5.03. The lowest BCUT2D eigenvalue weighted by Gasteiger charge is -2.37. The van der Waals surface area contributed by atoms with Gasteiger partial charge in [-0.15, -0.1) is 0 Å². The number of methoxy groups -OCH3 is 1. The summed E-state index contributed by atoms with van der Waals surface area (Å²) in [5.74, 6) is -1.07. The van der Waals surface area contributed by atoms with Crippen molar-refractivity contribution in [3.05, 3.63) is 0 Å². The fraction of sp³-hybridized carbons (Fsp3) is 0.833. The number of hydrogen-bond acceptors (Lipinski definition) is 4. The summed E-state index contributed by atoms with van der Waals surface area (Å²) in [6.45, 7) is 3.47. The van der Waals surface area contributed by atoms with Crippen LogP contribution in [0.1, 0.15) is 12.8 Å². The highest BCUT2D eigenvalue weighted by atomic mass is 16.5. The maximum atomic E-state index is 12.0. The Labute approximate surface area is 112 Å². The SMILES string of the molecule is COC(CNC(=O)N1CCN2CCCC2C1)C(=O)O. The fourth-order valence-corrected chi connectivity index (χ4v) is 2.74. The number of rotatable bonds is 4. The maximum Gasteiger partial charge on any atom is 0.334 e. The first-order chi connectivity index (χ1) is 9.11. The lowest BCUT2D eigenvalue weighted by atomic mass is 10.1. The molecule has 2 heterocycles. The molecule has 0 saturated carbocycles. The summed E-state index contributed by atoms with van der Waals surface area (Å²) in [6.07, 6.45) is 1.35. The van der Waals surface area contributed by atoms with Crippen LogP contribution >= 0.6 is 0 Å². The molecule has 2 unspecified atom stereocenters. The van der Waals surface area contributed by atoms with Crippen molar-refractivity contribution in [3.63, 3.8) is 0 Å². The minimum atomic E-state index is -1.07. The summed E-state index contributed by atoms with van der Waals surface area (Å²) < 4.78 is 4.78. The van der Waals surface area contributed by atoms with Crippen LogP contribution < -0.4 is 5.32 Å². The first kappa shape index (κ1) is 14.1. The van der Waals surface area contributed by atoms with Crippen LogP contribution in [0.15, 0.2) is 0 Å². The van der Waals surface area contributed by atoms with E-state index >= 15 is 0 Å². The number of piperazine rings is 1. The zero-order chi connectivity index (χ0) is 13.8. The number of carbonyl (C=O) groups is 2. The van der Waals surface area contributed by atoms with Crippen LogP contribution in [0.5, 0.6) is 0 Å². The van der Waals surface area contributed by atoms with Gasteiger partial charge >= 0.3 is 12.0 Å². The Balaban J connectivity index is 1.78. The molecule has 7 heteroatoms. The first-order valence-corrected chi connectivity index (χ1v) is 6.64. The molecule has 2 atom stereocenters. The number of carbonyl (C=O) groups excluding carboxylic acids is 1. The number of nitrogens with zero attached hydrogens (tertiary/aromatic N) is 2. The predicted octanol–water partition coefficient (Wildman–Crippen LogP) is -0.424. The molecule has 2 aliphatic heterocycles. The van der Waals surface area contributed by atoms with Gasteiger partial charge < -0.3 is 20.1 Å². The fourth-order valence-electron chi connectivity index (χ4n) is 2.74. The number of amides is 2. The van der Waals surface area contributed by atoms with E-state index in [-0.39, 0.29) is 12.6 Å². The molecule has 0 aromatic heterocycles. The van der Waals surface area contributed by atoms with Gasteiger partial charge in [0.1, 0.15) is 0 Å². The molecule has 7 nitrogen and oxygen atoms in total. The lowest BCUT2D eigenvalue weighted by molar-refractivity contribution is -0.148.